The van der Waals surface area contributed by atoms with Gasteiger partial charge in [0.2, 0.25) is 0 Å². The summed E-state index contributed by atoms with van der Waals surface area (Å²) in [6.07, 6.45) is 8.06. The van der Waals surface area contributed by atoms with Crippen LogP contribution in [0.15, 0.2) is 12.4 Å². The molecule has 1 N–H and O–H groups in total. The molecule has 0 aliphatic heterocycles. The second-order valence-corrected chi connectivity index (χ2v) is 5.80. The first-order valence-corrected chi connectivity index (χ1v) is 6.81. The van der Waals surface area contributed by atoms with Crippen LogP contribution in [-0.2, 0) is 7.05 Å². The van der Waals surface area contributed by atoms with Gasteiger partial charge in [0.25, 0.3) is 0 Å². The van der Waals surface area contributed by atoms with Crippen LogP contribution in [0.5, 0.6) is 0 Å². The van der Waals surface area contributed by atoms with Crippen molar-refractivity contribution in [2.24, 2.45) is 18.9 Å². The van der Waals surface area contributed by atoms with Crippen molar-refractivity contribution in [2.45, 2.75) is 52.1 Å². The highest BCUT2D eigenvalue weighted by Crippen LogP contribution is 2.30. The second kappa shape index (κ2) is 5.21. The van der Waals surface area contributed by atoms with Gasteiger partial charge in [-0.3, -0.25) is 4.68 Å². The number of hydrogen-bond donors (Lipinski definition) is 1. The molecule has 3 heteroatoms. The lowest BCUT2D eigenvalue weighted by Crippen LogP contribution is -2.37. The van der Waals surface area contributed by atoms with Crippen LogP contribution >= 0.6 is 0 Å². The molecule has 0 saturated heterocycles. The van der Waals surface area contributed by atoms with E-state index < -0.39 is 0 Å². The van der Waals surface area contributed by atoms with Crippen LogP contribution in [0.1, 0.15) is 51.6 Å². The van der Waals surface area contributed by atoms with Crippen molar-refractivity contribution in [3.8, 4) is 0 Å². The molecule has 17 heavy (non-hydrogen) atoms. The Morgan fingerprint density at radius 1 is 1.35 bits per heavy atom. The molecule has 0 spiro atoms. The van der Waals surface area contributed by atoms with Crippen LogP contribution < -0.4 is 5.32 Å². The molecule has 1 heterocycles. The molecule has 1 aliphatic carbocycles. The summed E-state index contributed by atoms with van der Waals surface area (Å²) < 4.78 is 1.87. The first-order valence-electron chi connectivity index (χ1n) is 6.81. The van der Waals surface area contributed by atoms with Gasteiger partial charge in [0.05, 0.1) is 6.20 Å². The van der Waals surface area contributed by atoms with Crippen molar-refractivity contribution < 1.29 is 0 Å². The highest BCUT2D eigenvalue weighted by atomic mass is 15.2. The van der Waals surface area contributed by atoms with E-state index in [4.69, 9.17) is 0 Å². The van der Waals surface area contributed by atoms with Crippen LogP contribution in [-0.4, -0.2) is 15.8 Å². The molecule has 0 bridgehead atoms. The molecule has 1 aromatic rings. The molecule has 1 aliphatic rings. The fraction of sp³-hybridized carbons (Fsp3) is 0.786. The van der Waals surface area contributed by atoms with Crippen LogP contribution in [0, 0.1) is 11.8 Å². The van der Waals surface area contributed by atoms with E-state index in [1.54, 1.807) is 0 Å². The van der Waals surface area contributed by atoms with Crippen molar-refractivity contribution in [1.29, 1.82) is 0 Å². The minimum absolute atomic E-state index is 0.411. The topological polar surface area (TPSA) is 29.9 Å². The summed E-state index contributed by atoms with van der Waals surface area (Å²) in [5, 5.41) is 7.98. The maximum absolute atomic E-state index is 4.23. The molecule has 1 fully saturated rings. The fourth-order valence-corrected chi connectivity index (χ4v) is 2.81. The van der Waals surface area contributed by atoms with Gasteiger partial charge in [0.15, 0.2) is 0 Å². The Kier molecular flexibility index (Phi) is 3.87. The van der Waals surface area contributed by atoms with Crippen LogP contribution in [0.2, 0.25) is 0 Å². The molecule has 4 atom stereocenters. The van der Waals surface area contributed by atoms with Gasteiger partial charge in [0, 0.05) is 30.9 Å². The zero-order valence-electron chi connectivity index (χ0n) is 11.5. The van der Waals surface area contributed by atoms with Crippen molar-refractivity contribution in [2.75, 3.05) is 0 Å². The van der Waals surface area contributed by atoms with Gasteiger partial charge < -0.3 is 5.32 Å². The highest BCUT2D eigenvalue weighted by Gasteiger charge is 2.25. The van der Waals surface area contributed by atoms with E-state index in [9.17, 15) is 0 Å². The quantitative estimate of drug-likeness (QED) is 0.873. The fourth-order valence-electron chi connectivity index (χ4n) is 2.81. The maximum atomic E-state index is 4.23. The molecule has 4 unspecified atom stereocenters. The van der Waals surface area contributed by atoms with E-state index in [1.165, 1.54) is 24.8 Å². The Labute approximate surface area is 105 Å². The van der Waals surface area contributed by atoms with Gasteiger partial charge in [-0.1, -0.05) is 13.8 Å². The summed E-state index contributed by atoms with van der Waals surface area (Å²) in [4.78, 5) is 0. The Bertz CT molecular complexity index is 358. The molecule has 3 nitrogen and oxygen atoms in total. The van der Waals surface area contributed by atoms with Crippen LogP contribution in [0.25, 0.3) is 0 Å². The van der Waals surface area contributed by atoms with Crippen LogP contribution in [0.4, 0.5) is 0 Å². The molecule has 96 valence electrons. The Balaban J connectivity index is 1.89. The van der Waals surface area contributed by atoms with E-state index >= 15 is 0 Å². The van der Waals surface area contributed by atoms with Crippen LogP contribution in [0.3, 0.4) is 0 Å². The zero-order chi connectivity index (χ0) is 12.4. The van der Waals surface area contributed by atoms with Crippen molar-refractivity contribution in [3.63, 3.8) is 0 Å². The van der Waals surface area contributed by atoms with Gasteiger partial charge in [0.1, 0.15) is 0 Å². The molecule has 1 aromatic heterocycles. The van der Waals surface area contributed by atoms with E-state index in [0.29, 0.717) is 12.1 Å². The van der Waals surface area contributed by atoms with E-state index in [0.717, 1.165) is 11.8 Å². The molecular weight excluding hydrogens is 210 g/mol. The molecule has 0 amide bonds. The number of aryl methyl sites for hydroxylation is 1. The summed E-state index contributed by atoms with van der Waals surface area (Å²) in [6.45, 7) is 7.00. The van der Waals surface area contributed by atoms with Gasteiger partial charge in [-0.05, 0) is 38.0 Å². The molecule has 0 aromatic carbocycles. The number of nitrogens with zero attached hydrogens (tertiary/aromatic N) is 2. The van der Waals surface area contributed by atoms with Crippen molar-refractivity contribution in [1.82, 2.24) is 15.1 Å². The third-order valence-electron chi connectivity index (χ3n) is 4.31. The van der Waals surface area contributed by atoms with Gasteiger partial charge in [-0.2, -0.15) is 5.10 Å². The molecule has 1 saturated carbocycles. The molecular formula is C14H25N3. The van der Waals surface area contributed by atoms with Gasteiger partial charge in [-0.15, -0.1) is 0 Å². The SMILES string of the molecule is CC(NC1CCC(C)C(C)C1)c1cnn(C)c1. The monoisotopic (exact) mass is 235 g/mol. The summed E-state index contributed by atoms with van der Waals surface area (Å²) in [5.74, 6) is 1.74. The van der Waals surface area contributed by atoms with Crippen molar-refractivity contribution in [3.05, 3.63) is 18.0 Å². The summed E-state index contributed by atoms with van der Waals surface area (Å²) in [7, 11) is 1.97. The predicted octanol–water partition coefficient (Wildman–Crippen LogP) is 2.90. The van der Waals surface area contributed by atoms with E-state index in [-0.39, 0.29) is 0 Å². The number of aromatic nitrogens is 2. The standard InChI is InChI=1S/C14H25N3/c1-10-5-6-14(7-11(10)2)16-12(3)13-8-15-17(4)9-13/h8-12,14,16H,5-7H2,1-4H3. The average Bonchev–Trinajstić information content (AvgIpc) is 2.70. The van der Waals surface area contributed by atoms with Crippen molar-refractivity contribution >= 4 is 0 Å². The number of hydrogen-bond acceptors (Lipinski definition) is 2. The summed E-state index contributed by atoms with van der Waals surface area (Å²) >= 11 is 0. The summed E-state index contributed by atoms with van der Waals surface area (Å²) in [5.41, 5.74) is 1.29. The minimum Gasteiger partial charge on any atom is -0.307 e. The Morgan fingerprint density at radius 3 is 2.71 bits per heavy atom. The first kappa shape index (κ1) is 12.6. The maximum Gasteiger partial charge on any atom is 0.0537 e. The molecule has 0 radical (unpaired) electrons. The van der Waals surface area contributed by atoms with Gasteiger partial charge >= 0.3 is 0 Å². The average molecular weight is 235 g/mol. The normalized spacial score (nSPS) is 31.4. The second-order valence-electron chi connectivity index (χ2n) is 5.80. The predicted molar refractivity (Wildman–Crippen MR) is 70.7 cm³/mol. The van der Waals surface area contributed by atoms with E-state index in [2.05, 4.69) is 37.4 Å². The Morgan fingerprint density at radius 2 is 2.12 bits per heavy atom. The summed E-state index contributed by atoms with van der Waals surface area (Å²) in [6, 6.07) is 1.09. The Hall–Kier alpha value is -0.830. The number of rotatable bonds is 3. The molecule has 2 rings (SSSR count). The smallest absolute Gasteiger partial charge is 0.0537 e. The third kappa shape index (κ3) is 3.09. The lowest BCUT2D eigenvalue weighted by molar-refractivity contribution is 0.217. The lowest BCUT2D eigenvalue weighted by atomic mass is 9.79. The lowest BCUT2D eigenvalue weighted by Gasteiger charge is -2.34. The van der Waals surface area contributed by atoms with E-state index in [1.807, 2.05) is 17.9 Å². The third-order valence-corrected chi connectivity index (χ3v) is 4.31. The minimum atomic E-state index is 0.411. The van der Waals surface area contributed by atoms with Gasteiger partial charge in [-0.25, -0.2) is 0 Å². The largest absolute Gasteiger partial charge is 0.307 e. The highest BCUT2D eigenvalue weighted by molar-refractivity contribution is 5.09. The number of nitrogens with one attached hydrogen (secondary N) is 1. The first-order chi connectivity index (χ1) is 8.06. The zero-order valence-corrected chi connectivity index (χ0v) is 11.5.